The van der Waals surface area contributed by atoms with E-state index in [-0.39, 0.29) is 19.8 Å². The Balaban J connectivity index is -0.000000187. The molecular weight excluding hydrogens is 208 g/mol. The molecule has 0 saturated carbocycles. The summed E-state index contributed by atoms with van der Waals surface area (Å²) in [6.07, 6.45) is -2.16. The van der Waals surface area contributed by atoms with Gasteiger partial charge in [0.2, 0.25) is 12.3 Å². The Kier molecular flexibility index (Phi) is 12.1. The van der Waals surface area contributed by atoms with E-state index in [1.54, 1.807) is 13.8 Å². The van der Waals surface area contributed by atoms with Crippen molar-refractivity contribution < 1.29 is 17.6 Å². The van der Waals surface area contributed by atoms with Crippen molar-refractivity contribution in [1.29, 1.82) is 0 Å². The zero-order valence-corrected chi connectivity index (χ0v) is 9.45. The maximum Gasteiger partial charge on any atom is 0.245 e. The third-order valence-corrected chi connectivity index (χ3v) is 1.27. The second kappa shape index (κ2) is 8.98. The molecule has 0 aromatic heterocycles. The number of hydrogen-bond donors (Lipinski definition) is 0. The van der Waals surface area contributed by atoms with E-state index in [2.05, 4.69) is 0 Å². The molecule has 0 aliphatic carbocycles. The Morgan fingerprint density at radius 2 is 1.27 bits per heavy atom. The molecule has 96 valence electrons. The van der Waals surface area contributed by atoms with Gasteiger partial charge in [0.05, 0.1) is 0 Å². The normalized spacial score (nSPS) is 11.2. The Morgan fingerprint density at radius 1 is 1.00 bits per heavy atom. The Labute approximate surface area is 91.1 Å². The first-order valence-electron chi connectivity index (χ1n) is 4.72. The summed E-state index contributed by atoms with van der Waals surface area (Å²) in [6, 6.07) is 0. The zero-order chi connectivity index (χ0) is 11.9. The highest BCUT2D eigenvalue weighted by Crippen LogP contribution is 2.21. The molecule has 0 aliphatic heterocycles. The van der Waals surface area contributed by atoms with Gasteiger partial charge in [-0.2, -0.15) is 0 Å². The molecule has 0 rings (SSSR count). The summed E-state index contributed by atoms with van der Waals surface area (Å²) < 4.78 is 46.3. The van der Waals surface area contributed by atoms with Gasteiger partial charge in [-0.3, -0.25) is 0 Å². The smallest absolute Gasteiger partial charge is 0.210 e. The fourth-order valence-corrected chi connectivity index (χ4v) is 0.717. The monoisotopic (exact) mass is 232 g/mol. The summed E-state index contributed by atoms with van der Waals surface area (Å²) in [7, 11) is 0. The Hall–Kier alpha value is -0.280. The second-order valence-electron chi connectivity index (χ2n) is 4.25. The summed E-state index contributed by atoms with van der Waals surface area (Å²) in [5, 5.41) is 0. The van der Waals surface area contributed by atoms with Crippen LogP contribution in [0.25, 0.3) is 0 Å². The van der Waals surface area contributed by atoms with E-state index in [0.29, 0.717) is 0 Å². The van der Waals surface area contributed by atoms with Gasteiger partial charge in [-0.05, 0) is 12.8 Å². The summed E-state index contributed by atoms with van der Waals surface area (Å²) in [5.41, 5.74) is 0. The maximum atomic E-state index is 12.0. The van der Waals surface area contributed by atoms with Crippen LogP contribution in [0.15, 0.2) is 0 Å². The molecule has 0 saturated heterocycles. The molecule has 0 unspecified atom stereocenters. The van der Waals surface area contributed by atoms with Crippen LogP contribution in [0.5, 0.6) is 0 Å². The van der Waals surface area contributed by atoms with E-state index < -0.39 is 18.3 Å². The van der Waals surface area contributed by atoms with Gasteiger partial charge in [0.15, 0.2) is 0 Å². The lowest BCUT2D eigenvalue weighted by molar-refractivity contribution is 0.000977. The molecule has 0 nitrogen and oxygen atoms in total. The molecule has 0 amide bonds. The third kappa shape index (κ3) is 24.8. The minimum atomic E-state index is -2.48. The van der Waals surface area contributed by atoms with Gasteiger partial charge in [0.25, 0.3) is 0 Å². The van der Waals surface area contributed by atoms with Crippen LogP contribution in [-0.2, 0) is 0 Å². The van der Waals surface area contributed by atoms with Crippen LogP contribution < -0.4 is 0 Å². The minimum Gasteiger partial charge on any atom is -0.210 e. The van der Waals surface area contributed by atoms with Crippen molar-refractivity contribution in [3.05, 3.63) is 0 Å². The first-order valence-corrected chi connectivity index (χ1v) is 4.72. The predicted octanol–water partition coefficient (Wildman–Crippen LogP) is 5.23. The molecule has 0 aromatic rings. The van der Waals surface area contributed by atoms with E-state index in [4.69, 9.17) is 0 Å². The molecular formula is C11H24F4. The van der Waals surface area contributed by atoms with Crippen LogP contribution in [0.2, 0.25) is 0 Å². The third-order valence-electron chi connectivity index (χ3n) is 1.27. The zero-order valence-electron chi connectivity index (χ0n) is 9.45. The van der Waals surface area contributed by atoms with E-state index in [1.807, 2.05) is 0 Å². The molecule has 0 fully saturated rings. The van der Waals surface area contributed by atoms with Gasteiger partial charge in [0, 0.05) is 12.3 Å². The average molecular weight is 232 g/mol. The molecule has 0 bridgehead atoms. The largest absolute Gasteiger partial charge is 0.245 e. The van der Waals surface area contributed by atoms with E-state index in [9.17, 15) is 17.6 Å². The molecule has 0 radical (unpaired) electrons. The van der Waals surface area contributed by atoms with Crippen LogP contribution in [0.3, 0.4) is 0 Å². The minimum absolute atomic E-state index is 0. The van der Waals surface area contributed by atoms with Crippen molar-refractivity contribution in [2.45, 2.75) is 60.8 Å². The first kappa shape index (κ1) is 20.2. The molecule has 15 heavy (non-hydrogen) atoms. The molecule has 0 aliphatic rings. The second-order valence-corrected chi connectivity index (χ2v) is 4.25. The van der Waals surface area contributed by atoms with Crippen molar-refractivity contribution in [2.75, 3.05) is 0 Å². The van der Waals surface area contributed by atoms with Crippen LogP contribution in [0.4, 0.5) is 17.6 Å². The molecule has 0 spiro atoms. The van der Waals surface area contributed by atoms with Gasteiger partial charge in [-0.25, -0.2) is 17.6 Å². The van der Waals surface area contributed by atoms with Gasteiger partial charge in [-0.15, -0.1) is 0 Å². The van der Waals surface area contributed by atoms with Crippen LogP contribution >= 0.6 is 0 Å². The number of alkyl halides is 4. The highest BCUT2D eigenvalue weighted by Gasteiger charge is 2.21. The van der Waals surface area contributed by atoms with Crippen LogP contribution in [-0.4, -0.2) is 12.3 Å². The van der Waals surface area contributed by atoms with Crippen molar-refractivity contribution in [1.82, 2.24) is 0 Å². The average Bonchev–Trinajstić information content (AvgIpc) is 1.81. The quantitative estimate of drug-likeness (QED) is 0.584. The van der Waals surface area contributed by atoms with Gasteiger partial charge in [0.1, 0.15) is 0 Å². The van der Waals surface area contributed by atoms with E-state index in [1.165, 1.54) is 13.8 Å². The molecule has 4 heteroatoms. The Morgan fingerprint density at radius 3 is 1.27 bits per heavy atom. The van der Waals surface area contributed by atoms with Crippen molar-refractivity contribution in [3.63, 3.8) is 0 Å². The topological polar surface area (TPSA) is 0 Å². The lowest BCUT2D eigenvalue weighted by Crippen LogP contribution is -2.12. The summed E-state index contributed by atoms with van der Waals surface area (Å²) in [4.78, 5) is 0. The van der Waals surface area contributed by atoms with Gasteiger partial charge >= 0.3 is 0 Å². The molecule has 0 N–H and O–H groups in total. The summed E-state index contributed by atoms with van der Waals surface area (Å²) in [6.45, 7) is 7.51. The molecule has 0 atom stereocenters. The van der Waals surface area contributed by atoms with Crippen molar-refractivity contribution in [3.8, 4) is 0 Å². The number of halogens is 4. The summed E-state index contributed by atoms with van der Waals surface area (Å²) >= 11 is 0. The lowest BCUT2D eigenvalue weighted by atomic mass is 10.1. The van der Waals surface area contributed by atoms with Crippen LogP contribution in [0, 0.1) is 11.8 Å². The standard InChI is InChI=1S/C6H12F2.C4H8F2.CH4/c1-5(2)4-6(3,7)8;1-3(2)4(5)6;/h5H,4H2,1-3H3;3-4H,1-2H3;1H4. The fourth-order valence-electron chi connectivity index (χ4n) is 0.717. The fraction of sp³-hybridized carbons (Fsp3) is 1.00. The van der Waals surface area contributed by atoms with Crippen molar-refractivity contribution in [2.24, 2.45) is 11.8 Å². The maximum absolute atomic E-state index is 12.0. The van der Waals surface area contributed by atoms with Gasteiger partial charge < -0.3 is 0 Å². The highest BCUT2D eigenvalue weighted by molar-refractivity contribution is 4.59. The van der Waals surface area contributed by atoms with E-state index >= 15 is 0 Å². The van der Waals surface area contributed by atoms with Crippen molar-refractivity contribution >= 4 is 0 Å². The summed E-state index contributed by atoms with van der Waals surface area (Å²) in [5.74, 6) is -2.87. The SMILES string of the molecule is C.CC(C)C(F)F.CC(C)CC(C)(F)F. The number of rotatable bonds is 3. The molecule has 0 heterocycles. The lowest BCUT2D eigenvalue weighted by Gasteiger charge is -2.11. The predicted molar refractivity (Wildman–Crippen MR) is 57.6 cm³/mol. The highest BCUT2D eigenvalue weighted by atomic mass is 19.3. The number of hydrogen-bond acceptors (Lipinski definition) is 0. The molecule has 0 aromatic carbocycles. The van der Waals surface area contributed by atoms with E-state index in [0.717, 1.165) is 6.92 Å². The van der Waals surface area contributed by atoms with Crippen LogP contribution in [0.1, 0.15) is 48.5 Å². The Bertz CT molecular complexity index is 119. The first-order chi connectivity index (χ1) is 6.06. The van der Waals surface area contributed by atoms with Gasteiger partial charge in [-0.1, -0.05) is 35.1 Å².